The molecular formula is C34H34BBrN10O4. The molecule has 8 N–H and O–H groups in total. The van der Waals surface area contributed by atoms with Gasteiger partial charge in [-0.1, -0.05) is 12.1 Å². The molecule has 50 heavy (non-hydrogen) atoms. The minimum Gasteiger partial charge on any atom is -0.422 e. The molecule has 16 heteroatoms. The fourth-order valence-electron chi connectivity index (χ4n) is 5.88. The average Bonchev–Trinajstić information content (AvgIpc) is 4.01. The number of carbonyl (C=O) groups is 2. The second-order valence-electron chi connectivity index (χ2n) is 12.6. The molecule has 8 rings (SSSR count). The Morgan fingerprint density at radius 3 is 1.66 bits per heavy atom. The van der Waals surface area contributed by atoms with Gasteiger partial charge in [0.1, 0.15) is 15.6 Å². The summed E-state index contributed by atoms with van der Waals surface area (Å²) in [5.41, 5.74) is 18.2. The number of amides is 2. The van der Waals surface area contributed by atoms with Crippen molar-refractivity contribution >= 4 is 85.5 Å². The van der Waals surface area contributed by atoms with Crippen molar-refractivity contribution in [2.75, 3.05) is 10.6 Å². The number of nitrogens with one attached hydrogen (secondary N) is 2. The lowest BCUT2D eigenvalue weighted by Crippen LogP contribution is -2.33. The van der Waals surface area contributed by atoms with Crippen molar-refractivity contribution in [1.82, 2.24) is 29.1 Å². The number of fused-ring (bicyclic) bond motifs is 2. The van der Waals surface area contributed by atoms with Gasteiger partial charge in [-0.25, -0.2) is 19.9 Å². The van der Waals surface area contributed by atoms with Gasteiger partial charge in [-0.15, -0.1) is 0 Å². The highest BCUT2D eigenvalue weighted by Gasteiger charge is 2.29. The molecule has 254 valence electrons. The topological polar surface area (TPSA) is 212 Å². The number of aryl methyl sites for hydroxylation is 2. The fraction of sp³-hybridized carbons (Fsp3) is 0.235. The molecule has 0 saturated heterocycles. The van der Waals surface area contributed by atoms with E-state index in [2.05, 4.69) is 51.1 Å². The van der Waals surface area contributed by atoms with Crippen LogP contribution in [-0.4, -0.2) is 58.1 Å². The van der Waals surface area contributed by atoms with E-state index in [1.54, 1.807) is 30.6 Å². The van der Waals surface area contributed by atoms with E-state index >= 15 is 0 Å². The highest BCUT2D eigenvalue weighted by atomic mass is 79.9. The largest absolute Gasteiger partial charge is 0.508 e. The molecule has 2 aliphatic rings. The summed E-state index contributed by atoms with van der Waals surface area (Å²) >= 11 is 3.43. The van der Waals surface area contributed by atoms with E-state index < -0.39 is 18.9 Å². The Morgan fingerprint density at radius 1 is 0.760 bits per heavy atom. The van der Waals surface area contributed by atoms with Gasteiger partial charge in [-0.05, 0) is 103 Å². The van der Waals surface area contributed by atoms with Crippen LogP contribution in [0.2, 0.25) is 0 Å². The summed E-state index contributed by atoms with van der Waals surface area (Å²) in [6.45, 7) is 3.67. The number of primary amides is 2. The molecule has 0 bridgehead atoms. The molecule has 6 aromatic rings. The molecular weight excluding hydrogens is 703 g/mol. The van der Waals surface area contributed by atoms with Crippen LogP contribution >= 0.6 is 15.9 Å². The number of nitrogens with zero attached hydrogens (tertiary/aromatic N) is 6. The van der Waals surface area contributed by atoms with E-state index in [4.69, 9.17) is 11.5 Å². The Labute approximate surface area is 295 Å². The van der Waals surface area contributed by atoms with Crippen LogP contribution in [0.3, 0.4) is 0 Å². The molecule has 4 heterocycles. The summed E-state index contributed by atoms with van der Waals surface area (Å²) in [5.74, 6) is 0.218. The number of pyridine rings is 2. The minimum atomic E-state index is -1.70. The van der Waals surface area contributed by atoms with Crippen LogP contribution in [0.1, 0.15) is 69.6 Å². The number of anilines is 4. The molecule has 2 fully saturated rings. The predicted octanol–water partition coefficient (Wildman–Crippen LogP) is 4.28. The Morgan fingerprint density at radius 2 is 1.22 bits per heavy atom. The molecule has 2 aromatic carbocycles. The van der Waals surface area contributed by atoms with Crippen molar-refractivity contribution in [3.05, 3.63) is 88.0 Å². The van der Waals surface area contributed by atoms with E-state index in [9.17, 15) is 19.6 Å². The van der Waals surface area contributed by atoms with Crippen LogP contribution in [0.4, 0.5) is 23.0 Å². The van der Waals surface area contributed by atoms with Crippen LogP contribution in [0, 0.1) is 13.8 Å². The van der Waals surface area contributed by atoms with E-state index in [-0.39, 0.29) is 5.59 Å². The summed E-state index contributed by atoms with van der Waals surface area (Å²) in [7, 11) is -1.70. The number of hydrogen-bond acceptors (Lipinski definition) is 10. The highest BCUT2D eigenvalue weighted by molar-refractivity contribution is 9.10. The van der Waals surface area contributed by atoms with Gasteiger partial charge in [-0.3, -0.25) is 9.59 Å². The van der Waals surface area contributed by atoms with Gasteiger partial charge >= 0.3 is 7.12 Å². The molecule has 0 radical (unpaired) electrons. The van der Waals surface area contributed by atoms with Crippen molar-refractivity contribution in [3.8, 4) is 0 Å². The molecule has 0 spiro atoms. The first kappa shape index (κ1) is 33.2. The lowest BCUT2D eigenvalue weighted by Gasteiger charge is -2.13. The maximum Gasteiger partial charge on any atom is 0.508 e. The maximum atomic E-state index is 11.6. The van der Waals surface area contributed by atoms with Gasteiger partial charge in [0.15, 0.2) is 11.6 Å². The van der Waals surface area contributed by atoms with Crippen LogP contribution in [0.5, 0.6) is 0 Å². The van der Waals surface area contributed by atoms with Crippen LogP contribution in [0.15, 0.2) is 65.8 Å². The maximum absolute atomic E-state index is 11.6. The zero-order valence-corrected chi connectivity index (χ0v) is 28.8. The summed E-state index contributed by atoms with van der Waals surface area (Å²) in [6.07, 6.45) is 8.09. The first-order chi connectivity index (χ1) is 24.0. The Hall–Kier alpha value is -5.32. The minimum absolute atomic E-state index is 0.100. The quantitative estimate of drug-likeness (QED) is 0.0916. The summed E-state index contributed by atoms with van der Waals surface area (Å²) in [5, 5.41) is 25.5. The number of aromatic nitrogens is 6. The second kappa shape index (κ2) is 13.2. The second-order valence-corrected chi connectivity index (χ2v) is 13.4. The lowest BCUT2D eigenvalue weighted by atomic mass is 9.85. The molecule has 2 amide bonds. The summed E-state index contributed by atoms with van der Waals surface area (Å²) in [6, 6.07) is 15.2. The van der Waals surface area contributed by atoms with Crippen LogP contribution < -0.4 is 27.7 Å². The zero-order valence-electron chi connectivity index (χ0n) is 27.3. The SMILES string of the molecule is Cc1ccc(Nc2nc(B(O)O)cc3ncn(C4CC4)c23)cc1C(N)=O.Cc1ccc(Nc2nc(Br)cc3ncn(C4CC4)c23)cc1C(N)=O. The normalized spacial score (nSPS) is 13.9. The van der Waals surface area contributed by atoms with Crippen molar-refractivity contribution in [2.24, 2.45) is 11.5 Å². The number of nitrogens with two attached hydrogens (primary N) is 2. The Balaban J connectivity index is 0.000000157. The molecule has 2 aliphatic carbocycles. The Bertz CT molecular complexity index is 2300. The molecule has 0 unspecified atom stereocenters. The molecule has 2 saturated carbocycles. The van der Waals surface area contributed by atoms with Crippen molar-refractivity contribution in [2.45, 2.75) is 51.6 Å². The molecule has 0 aliphatic heterocycles. The van der Waals surface area contributed by atoms with Crippen molar-refractivity contribution in [3.63, 3.8) is 0 Å². The average molecular weight is 737 g/mol. The number of hydrogen-bond donors (Lipinski definition) is 6. The van der Waals surface area contributed by atoms with Crippen molar-refractivity contribution < 1.29 is 19.6 Å². The summed E-state index contributed by atoms with van der Waals surface area (Å²) in [4.78, 5) is 40.9. The van der Waals surface area contributed by atoms with Gasteiger partial charge < -0.3 is 41.3 Å². The highest BCUT2D eigenvalue weighted by Crippen LogP contribution is 2.40. The van der Waals surface area contributed by atoms with Gasteiger partial charge in [0.2, 0.25) is 11.8 Å². The predicted molar refractivity (Wildman–Crippen MR) is 195 cm³/mol. The number of carbonyl (C=O) groups excluding carboxylic acids is 2. The first-order valence-electron chi connectivity index (χ1n) is 16.1. The van der Waals surface area contributed by atoms with Crippen LogP contribution in [-0.2, 0) is 0 Å². The van der Waals surface area contributed by atoms with E-state index in [1.807, 2.05) is 49.0 Å². The molecule has 0 atom stereocenters. The number of imidazole rings is 2. The fourth-order valence-corrected chi connectivity index (χ4v) is 6.27. The van der Waals surface area contributed by atoms with Crippen molar-refractivity contribution in [1.29, 1.82) is 0 Å². The Kier molecular flexibility index (Phi) is 8.76. The third-order valence-corrected chi connectivity index (χ3v) is 9.18. The smallest absolute Gasteiger partial charge is 0.422 e. The van der Waals surface area contributed by atoms with E-state index in [1.165, 1.54) is 0 Å². The number of rotatable bonds is 9. The van der Waals surface area contributed by atoms with E-state index in [0.29, 0.717) is 50.7 Å². The monoisotopic (exact) mass is 736 g/mol. The van der Waals surface area contributed by atoms with Gasteiger partial charge in [0.25, 0.3) is 0 Å². The first-order valence-corrected chi connectivity index (χ1v) is 16.9. The zero-order chi connectivity index (χ0) is 35.3. The summed E-state index contributed by atoms with van der Waals surface area (Å²) < 4.78 is 4.92. The van der Waals surface area contributed by atoms with Gasteiger partial charge in [0.05, 0.1) is 29.3 Å². The number of halogens is 1. The van der Waals surface area contributed by atoms with Crippen LogP contribution in [0.25, 0.3) is 22.1 Å². The molecule has 4 aromatic heterocycles. The van der Waals surface area contributed by atoms with E-state index in [0.717, 1.165) is 59.0 Å². The number of benzene rings is 2. The van der Waals surface area contributed by atoms with Gasteiger partial charge in [-0.2, -0.15) is 0 Å². The lowest BCUT2D eigenvalue weighted by molar-refractivity contribution is 0.0991. The third kappa shape index (κ3) is 6.77. The molecule has 14 nitrogen and oxygen atoms in total. The standard InChI is InChI=1S/C17H18BN5O3.C17H16BrN5O/c1-9-2-3-10(6-12(9)16(19)24)21-17-15-13(7-14(22-17)18(25)26)20-8-23(15)11-4-5-11;1-9-2-3-10(6-12(9)16(19)24)21-17-15-13(7-14(18)22-17)20-8-23(15)11-4-5-11/h2-3,6-8,11,25-26H,4-5H2,1H3,(H2,19,24)(H,21,22);2-3,6-8,11H,4-5H2,1H3,(H2,19,24)(H,21,22). The van der Waals surface area contributed by atoms with Gasteiger partial charge in [0, 0.05) is 34.6 Å². The third-order valence-electron chi connectivity index (χ3n) is 8.77.